The van der Waals surface area contributed by atoms with E-state index in [2.05, 4.69) is 0 Å². The van der Waals surface area contributed by atoms with Crippen molar-refractivity contribution in [3.63, 3.8) is 0 Å². The number of hydrogen-bond donors (Lipinski definition) is 0. The van der Waals surface area contributed by atoms with Gasteiger partial charge in [0.05, 0.1) is 19.1 Å². The molecular formula is C20H25NO5S. The highest BCUT2D eigenvalue weighted by Gasteiger charge is 2.33. The third-order valence-electron chi connectivity index (χ3n) is 4.36. The summed E-state index contributed by atoms with van der Waals surface area (Å²) < 4.78 is 37.4. The van der Waals surface area contributed by atoms with Crippen LogP contribution < -0.4 is 4.74 Å². The standard InChI is InChI=1S/C20H25NO5S/c1-15-8-10-19(11-9-15)27(23,24)21(16(2)20(22)26-4)13-12-17-6-5-7-18(14-17)25-3/h5-11,14,16H,12-13H2,1-4H3. The fraction of sp³-hybridized carbons (Fsp3) is 0.350. The maximum absolute atomic E-state index is 13.1. The second-order valence-corrected chi connectivity index (χ2v) is 8.12. The van der Waals surface area contributed by atoms with Crippen LogP contribution in [0.15, 0.2) is 53.4 Å². The molecule has 6 nitrogen and oxygen atoms in total. The lowest BCUT2D eigenvalue weighted by atomic mass is 10.1. The summed E-state index contributed by atoms with van der Waals surface area (Å²) >= 11 is 0. The zero-order valence-electron chi connectivity index (χ0n) is 16.0. The molecule has 0 fully saturated rings. The van der Waals surface area contributed by atoms with Crippen LogP contribution in [-0.4, -0.2) is 45.5 Å². The van der Waals surface area contributed by atoms with E-state index < -0.39 is 22.0 Å². The average molecular weight is 391 g/mol. The van der Waals surface area contributed by atoms with E-state index in [0.29, 0.717) is 12.2 Å². The molecule has 0 bridgehead atoms. The van der Waals surface area contributed by atoms with Crippen LogP contribution in [0.25, 0.3) is 0 Å². The SMILES string of the molecule is COC(=O)C(C)N(CCc1cccc(OC)c1)S(=O)(=O)c1ccc(C)cc1. The molecule has 27 heavy (non-hydrogen) atoms. The molecule has 0 aliphatic carbocycles. The molecule has 1 unspecified atom stereocenters. The molecule has 0 radical (unpaired) electrons. The predicted molar refractivity (Wildman–Crippen MR) is 103 cm³/mol. The number of ether oxygens (including phenoxy) is 2. The van der Waals surface area contributed by atoms with Crippen molar-refractivity contribution in [2.45, 2.75) is 31.2 Å². The fourth-order valence-corrected chi connectivity index (χ4v) is 4.31. The van der Waals surface area contributed by atoms with Crippen molar-refractivity contribution in [3.8, 4) is 5.75 Å². The van der Waals surface area contributed by atoms with Crippen LogP contribution in [0.3, 0.4) is 0 Å². The Bertz CT molecular complexity index is 878. The van der Waals surface area contributed by atoms with Crippen LogP contribution in [0, 0.1) is 6.92 Å². The quantitative estimate of drug-likeness (QED) is 0.647. The van der Waals surface area contributed by atoms with Crippen LogP contribution in [0.5, 0.6) is 5.75 Å². The number of carbonyl (C=O) groups is 1. The summed E-state index contributed by atoms with van der Waals surface area (Å²) in [5.74, 6) is 0.0952. The number of methoxy groups -OCH3 is 2. The molecule has 0 spiro atoms. The summed E-state index contributed by atoms with van der Waals surface area (Å²) in [6.07, 6.45) is 0.434. The van der Waals surface area contributed by atoms with Gasteiger partial charge in [-0.25, -0.2) is 8.42 Å². The molecular weight excluding hydrogens is 366 g/mol. The fourth-order valence-electron chi connectivity index (χ4n) is 2.72. The van der Waals surface area contributed by atoms with Gasteiger partial charge in [0.1, 0.15) is 11.8 Å². The Kier molecular flexibility index (Phi) is 6.98. The third kappa shape index (κ3) is 5.08. The van der Waals surface area contributed by atoms with Gasteiger partial charge in [-0.05, 0) is 50.1 Å². The zero-order valence-corrected chi connectivity index (χ0v) is 16.8. The van der Waals surface area contributed by atoms with Crippen molar-refractivity contribution in [1.29, 1.82) is 0 Å². The van der Waals surface area contributed by atoms with Gasteiger partial charge in [0.25, 0.3) is 0 Å². The third-order valence-corrected chi connectivity index (χ3v) is 6.34. The molecule has 0 amide bonds. The van der Waals surface area contributed by atoms with E-state index in [9.17, 15) is 13.2 Å². The van der Waals surface area contributed by atoms with E-state index in [4.69, 9.17) is 9.47 Å². The van der Waals surface area contributed by atoms with E-state index >= 15 is 0 Å². The molecule has 1 atom stereocenters. The smallest absolute Gasteiger partial charge is 0.323 e. The Hall–Kier alpha value is -2.38. The minimum absolute atomic E-state index is 0.139. The normalized spacial score (nSPS) is 12.6. The number of sulfonamides is 1. The Morgan fingerprint density at radius 1 is 1.11 bits per heavy atom. The molecule has 0 aliphatic rings. The zero-order chi connectivity index (χ0) is 20.0. The van der Waals surface area contributed by atoms with E-state index in [1.54, 1.807) is 31.4 Å². The van der Waals surface area contributed by atoms with Crippen molar-refractivity contribution in [2.24, 2.45) is 0 Å². The van der Waals surface area contributed by atoms with Crippen molar-refractivity contribution in [1.82, 2.24) is 4.31 Å². The highest BCUT2D eigenvalue weighted by Crippen LogP contribution is 2.21. The topological polar surface area (TPSA) is 72.9 Å². The number of hydrogen-bond acceptors (Lipinski definition) is 5. The van der Waals surface area contributed by atoms with Crippen molar-refractivity contribution >= 4 is 16.0 Å². The molecule has 0 saturated carbocycles. The first kappa shape index (κ1) is 20.9. The van der Waals surface area contributed by atoms with Gasteiger partial charge in [-0.3, -0.25) is 4.79 Å². The van der Waals surface area contributed by atoms with Gasteiger partial charge in [-0.1, -0.05) is 29.8 Å². The number of benzene rings is 2. The Labute approximate surface area is 160 Å². The number of nitrogens with zero attached hydrogens (tertiary/aromatic N) is 1. The van der Waals surface area contributed by atoms with Gasteiger partial charge in [0, 0.05) is 6.54 Å². The van der Waals surface area contributed by atoms with Gasteiger partial charge in [0.15, 0.2) is 0 Å². The van der Waals surface area contributed by atoms with Gasteiger partial charge in [0.2, 0.25) is 10.0 Å². The van der Waals surface area contributed by atoms with Crippen molar-refractivity contribution in [3.05, 3.63) is 59.7 Å². The molecule has 0 aromatic heterocycles. The van der Waals surface area contributed by atoms with Crippen LogP contribution in [0.4, 0.5) is 0 Å². The molecule has 0 N–H and O–H groups in total. The van der Waals surface area contributed by atoms with E-state index in [1.807, 2.05) is 31.2 Å². The van der Waals surface area contributed by atoms with E-state index in [1.165, 1.54) is 18.3 Å². The summed E-state index contributed by atoms with van der Waals surface area (Å²) in [5.41, 5.74) is 1.87. The molecule has 2 aromatic carbocycles. The molecule has 7 heteroatoms. The summed E-state index contributed by atoms with van der Waals surface area (Å²) in [7, 11) is -1.03. The highest BCUT2D eigenvalue weighted by molar-refractivity contribution is 7.89. The molecule has 2 aromatic rings. The molecule has 0 heterocycles. The monoisotopic (exact) mass is 391 g/mol. The summed E-state index contributed by atoms with van der Waals surface area (Å²) in [6.45, 7) is 3.55. The lowest BCUT2D eigenvalue weighted by Gasteiger charge is -2.27. The molecule has 0 aliphatic heterocycles. The lowest BCUT2D eigenvalue weighted by molar-refractivity contribution is -0.144. The van der Waals surface area contributed by atoms with E-state index in [-0.39, 0.29) is 11.4 Å². The summed E-state index contributed by atoms with van der Waals surface area (Å²) in [4.78, 5) is 12.2. The second-order valence-electron chi connectivity index (χ2n) is 6.23. The second kappa shape index (κ2) is 9.01. The maximum atomic E-state index is 13.1. The summed E-state index contributed by atoms with van der Waals surface area (Å²) in [6, 6.07) is 13.0. The molecule has 146 valence electrons. The number of aryl methyl sites for hydroxylation is 1. The highest BCUT2D eigenvalue weighted by atomic mass is 32.2. The van der Waals surface area contributed by atoms with Gasteiger partial charge in [-0.2, -0.15) is 4.31 Å². The largest absolute Gasteiger partial charge is 0.497 e. The van der Waals surface area contributed by atoms with Gasteiger partial charge in [-0.15, -0.1) is 0 Å². The van der Waals surface area contributed by atoms with Crippen molar-refractivity contribution in [2.75, 3.05) is 20.8 Å². The minimum Gasteiger partial charge on any atom is -0.497 e. The Morgan fingerprint density at radius 3 is 2.37 bits per heavy atom. The van der Waals surface area contributed by atoms with Gasteiger partial charge >= 0.3 is 5.97 Å². The predicted octanol–water partition coefficient (Wildman–Crippen LogP) is 2.80. The molecule has 0 saturated heterocycles. The average Bonchev–Trinajstić information content (AvgIpc) is 2.67. The first-order valence-corrected chi connectivity index (χ1v) is 10.0. The van der Waals surface area contributed by atoms with Crippen LogP contribution in [-0.2, 0) is 26.0 Å². The van der Waals surface area contributed by atoms with Crippen LogP contribution in [0.1, 0.15) is 18.1 Å². The first-order chi connectivity index (χ1) is 12.8. The van der Waals surface area contributed by atoms with Crippen LogP contribution >= 0.6 is 0 Å². The number of esters is 1. The van der Waals surface area contributed by atoms with Crippen molar-refractivity contribution < 1.29 is 22.7 Å². The Morgan fingerprint density at radius 2 is 1.78 bits per heavy atom. The lowest BCUT2D eigenvalue weighted by Crippen LogP contribution is -2.44. The maximum Gasteiger partial charge on any atom is 0.323 e. The molecule has 2 rings (SSSR count). The van der Waals surface area contributed by atoms with E-state index in [0.717, 1.165) is 11.1 Å². The minimum atomic E-state index is -3.86. The first-order valence-electron chi connectivity index (χ1n) is 8.59. The Balaban J connectivity index is 2.32. The number of rotatable bonds is 8. The summed E-state index contributed by atoms with van der Waals surface area (Å²) in [5, 5.41) is 0. The van der Waals surface area contributed by atoms with Gasteiger partial charge < -0.3 is 9.47 Å². The van der Waals surface area contributed by atoms with Crippen LogP contribution in [0.2, 0.25) is 0 Å². The number of carbonyl (C=O) groups excluding carboxylic acids is 1.